The van der Waals surface area contributed by atoms with Crippen LogP contribution in [0.2, 0.25) is 0 Å². The van der Waals surface area contributed by atoms with Crippen molar-refractivity contribution in [2.45, 2.75) is 78.0 Å². The van der Waals surface area contributed by atoms with Gasteiger partial charge in [-0.25, -0.2) is 4.79 Å². The van der Waals surface area contributed by atoms with E-state index in [-0.39, 0.29) is 24.4 Å². The number of benzene rings is 1. The molecule has 2 N–H and O–H groups in total. The summed E-state index contributed by atoms with van der Waals surface area (Å²) in [5.41, 5.74) is 0.610. The molecule has 0 spiro atoms. The Morgan fingerprint density at radius 2 is 1.66 bits per heavy atom. The number of carbonyl (C=O) groups excluding carboxylic acids is 3. The highest BCUT2D eigenvalue weighted by molar-refractivity contribution is 5.83. The van der Waals surface area contributed by atoms with Crippen LogP contribution in [-0.2, 0) is 14.3 Å². The van der Waals surface area contributed by atoms with Crippen LogP contribution in [0.4, 0.5) is 4.79 Å². The van der Waals surface area contributed by atoms with E-state index in [1.165, 1.54) is 5.56 Å². The molecule has 1 aliphatic heterocycles. The first-order valence-electron chi connectivity index (χ1n) is 11.3. The molecule has 8 nitrogen and oxygen atoms in total. The summed E-state index contributed by atoms with van der Waals surface area (Å²) in [5.74, 6) is 0.766. The lowest BCUT2D eigenvalue weighted by molar-refractivity contribution is -0.132. The van der Waals surface area contributed by atoms with Crippen LogP contribution >= 0.6 is 0 Å². The number of hydrogen-bond donors (Lipinski definition) is 2. The zero-order valence-electron chi connectivity index (χ0n) is 20.1. The fraction of sp³-hybridized carbons (Fsp3) is 0.625. The maximum absolute atomic E-state index is 12.5. The molecular formula is C24H37N3O5. The van der Waals surface area contributed by atoms with Crippen molar-refractivity contribution >= 4 is 17.9 Å². The molecule has 0 bridgehead atoms. The quantitative estimate of drug-likeness (QED) is 0.669. The van der Waals surface area contributed by atoms with E-state index in [0.29, 0.717) is 37.6 Å². The molecule has 1 saturated heterocycles. The van der Waals surface area contributed by atoms with Gasteiger partial charge in [0.05, 0.1) is 0 Å². The molecule has 3 amide bonds. The van der Waals surface area contributed by atoms with Crippen LogP contribution in [0.1, 0.15) is 65.9 Å². The SMILES string of the molecule is CC(Oc1ccc(C(C)C)cc1)C(=O)NC1CCN(C(=O)CNC(=O)OC(C)(C)C)CC1. The number of carbonyl (C=O) groups is 3. The van der Waals surface area contributed by atoms with Crippen LogP contribution < -0.4 is 15.4 Å². The summed E-state index contributed by atoms with van der Waals surface area (Å²) in [7, 11) is 0. The second-order valence-corrected chi connectivity index (χ2v) is 9.50. The van der Waals surface area contributed by atoms with Crippen molar-refractivity contribution in [1.29, 1.82) is 0 Å². The van der Waals surface area contributed by atoms with Crippen molar-refractivity contribution in [2.75, 3.05) is 19.6 Å². The average Bonchev–Trinajstić information content (AvgIpc) is 2.71. The molecule has 8 heteroatoms. The number of piperidine rings is 1. The zero-order valence-corrected chi connectivity index (χ0v) is 20.1. The predicted octanol–water partition coefficient (Wildman–Crippen LogP) is 3.21. The Bertz CT molecular complexity index is 778. The lowest BCUT2D eigenvalue weighted by atomic mass is 10.0. The molecule has 1 aromatic carbocycles. The Kier molecular flexibility index (Phi) is 8.92. The van der Waals surface area contributed by atoms with E-state index in [0.717, 1.165) is 0 Å². The first-order chi connectivity index (χ1) is 14.9. The Balaban J connectivity index is 1.72. The van der Waals surface area contributed by atoms with E-state index in [1.54, 1.807) is 32.6 Å². The number of ether oxygens (including phenoxy) is 2. The average molecular weight is 448 g/mol. The molecule has 0 aromatic heterocycles. The topological polar surface area (TPSA) is 97.0 Å². The van der Waals surface area contributed by atoms with Crippen molar-refractivity contribution in [3.8, 4) is 5.75 Å². The molecule has 1 unspecified atom stereocenters. The molecule has 0 radical (unpaired) electrons. The van der Waals surface area contributed by atoms with Gasteiger partial charge in [0.15, 0.2) is 6.10 Å². The van der Waals surface area contributed by atoms with Crippen molar-refractivity contribution in [1.82, 2.24) is 15.5 Å². The fourth-order valence-corrected chi connectivity index (χ4v) is 3.35. The zero-order chi connectivity index (χ0) is 23.9. The maximum Gasteiger partial charge on any atom is 0.408 e. The van der Waals surface area contributed by atoms with E-state index < -0.39 is 17.8 Å². The highest BCUT2D eigenvalue weighted by Crippen LogP contribution is 2.19. The van der Waals surface area contributed by atoms with Gasteiger partial charge in [-0.2, -0.15) is 0 Å². The van der Waals surface area contributed by atoms with Crippen LogP contribution in [0.3, 0.4) is 0 Å². The molecular weight excluding hydrogens is 410 g/mol. The van der Waals surface area contributed by atoms with Crippen molar-refractivity contribution < 1.29 is 23.9 Å². The maximum atomic E-state index is 12.5. The molecule has 0 saturated carbocycles. The van der Waals surface area contributed by atoms with Gasteiger partial charge in [-0.15, -0.1) is 0 Å². The summed E-state index contributed by atoms with van der Waals surface area (Å²) < 4.78 is 10.9. The number of hydrogen-bond acceptors (Lipinski definition) is 5. The van der Waals surface area contributed by atoms with Gasteiger partial charge in [0.25, 0.3) is 5.91 Å². The van der Waals surface area contributed by atoms with Crippen molar-refractivity contribution in [2.24, 2.45) is 0 Å². The minimum atomic E-state index is -0.613. The standard InChI is InChI=1S/C24H37N3O5/c1-16(2)18-7-9-20(10-8-18)31-17(3)22(29)26-19-11-13-27(14-12-19)21(28)15-25-23(30)32-24(4,5)6/h7-10,16-17,19H,11-15H2,1-6H3,(H,25,30)(H,26,29). The highest BCUT2D eigenvalue weighted by Gasteiger charge is 2.26. The number of alkyl carbamates (subject to hydrolysis) is 1. The van der Waals surface area contributed by atoms with Gasteiger partial charge in [-0.05, 0) is 64.2 Å². The lowest BCUT2D eigenvalue weighted by Crippen LogP contribution is -2.51. The van der Waals surface area contributed by atoms with Gasteiger partial charge in [-0.3, -0.25) is 9.59 Å². The summed E-state index contributed by atoms with van der Waals surface area (Å²) >= 11 is 0. The monoisotopic (exact) mass is 447 g/mol. The Hall–Kier alpha value is -2.77. The van der Waals surface area contributed by atoms with Crippen molar-refractivity contribution in [3.63, 3.8) is 0 Å². The Labute approximate surface area is 191 Å². The summed E-state index contributed by atoms with van der Waals surface area (Å²) in [6, 6.07) is 7.77. The van der Waals surface area contributed by atoms with Gasteiger partial charge in [0.1, 0.15) is 17.9 Å². The van der Waals surface area contributed by atoms with Gasteiger partial charge >= 0.3 is 6.09 Å². The third-order valence-corrected chi connectivity index (χ3v) is 5.21. The van der Waals surface area contributed by atoms with Crippen LogP contribution in [0.5, 0.6) is 5.75 Å². The summed E-state index contributed by atoms with van der Waals surface area (Å²) in [5, 5.41) is 5.50. The number of amides is 3. The minimum Gasteiger partial charge on any atom is -0.481 e. The van der Waals surface area contributed by atoms with Crippen LogP contribution in [-0.4, -0.2) is 60.2 Å². The molecule has 0 aliphatic carbocycles. The molecule has 2 rings (SSSR count). The first-order valence-corrected chi connectivity index (χ1v) is 11.3. The Morgan fingerprint density at radius 1 is 1.06 bits per heavy atom. The molecule has 1 aliphatic rings. The summed E-state index contributed by atoms with van der Waals surface area (Å²) in [4.78, 5) is 38.2. The predicted molar refractivity (Wildman–Crippen MR) is 123 cm³/mol. The Morgan fingerprint density at radius 3 is 2.19 bits per heavy atom. The minimum absolute atomic E-state index is 0.0141. The molecule has 32 heavy (non-hydrogen) atoms. The second-order valence-electron chi connectivity index (χ2n) is 9.50. The number of nitrogens with one attached hydrogen (secondary N) is 2. The molecule has 1 aromatic rings. The van der Waals surface area contributed by atoms with E-state index in [1.807, 2.05) is 24.3 Å². The number of likely N-dealkylation sites (tertiary alicyclic amines) is 1. The molecule has 178 valence electrons. The van der Waals surface area contributed by atoms with Crippen molar-refractivity contribution in [3.05, 3.63) is 29.8 Å². The normalized spacial score (nSPS) is 15.8. The lowest BCUT2D eigenvalue weighted by Gasteiger charge is -2.33. The van der Waals surface area contributed by atoms with Gasteiger partial charge in [0, 0.05) is 19.1 Å². The fourth-order valence-electron chi connectivity index (χ4n) is 3.35. The molecule has 1 atom stereocenters. The van der Waals surface area contributed by atoms with E-state index in [2.05, 4.69) is 24.5 Å². The van der Waals surface area contributed by atoms with Crippen LogP contribution in [0, 0.1) is 0 Å². The smallest absolute Gasteiger partial charge is 0.408 e. The van der Waals surface area contributed by atoms with Crippen LogP contribution in [0.15, 0.2) is 24.3 Å². The highest BCUT2D eigenvalue weighted by atomic mass is 16.6. The number of rotatable bonds is 7. The van der Waals surface area contributed by atoms with E-state index in [9.17, 15) is 14.4 Å². The van der Waals surface area contributed by atoms with E-state index >= 15 is 0 Å². The first kappa shape index (κ1) is 25.5. The largest absolute Gasteiger partial charge is 0.481 e. The summed E-state index contributed by atoms with van der Waals surface area (Å²) in [6.45, 7) is 12.2. The number of nitrogens with zero attached hydrogens (tertiary/aromatic N) is 1. The van der Waals surface area contributed by atoms with Gasteiger partial charge in [-0.1, -0.05) is 26.0 Å². The van der Waals surface area contributed by atoms with E-state index in [4.69, 9.17) is 9.47 Å². The third-order valence-electron chi connectivity index (χ3n) is 5.21. The van der Waals surface area contributed by atoms with Gasteiger partial charge in [0.2, 0.25) is 5.91 Å². The summed E-state index contributed by atoms with van der Waals surface area (Å²) in [6.07, 6.45) is 0.0813. The molecule has 1 fully saturated rings. The third kappa shape index (κ3) is 8.40. The second kappa shape index (κ2) is 11.2. The van der Waals surface area contributed by atoms with Gasteiger partial charge < -0.3 is 25.0 Å². The van der Waals surface area contributed by atoms with Crippen LogP contribution in [0.25, 0.3) is 0 Å². The molecule has 1 heterocycles.